The Labute approximate surface area is 217 Å². The molecule has 39 heavy (non-hydrogen) atoms. The lowest BCUT2D eigenvalue weighted by molar-refractivity contribution is -0.137. The van der Waals surface area contributed by atoms with Crippen molar-refractivity contribution in [1.82, 2.24) is 5.32 Å². The number of carbonyl (C=O) groups is 3. The standard InChI is InChI=1S/C25H20F3NO10/c26-25(27,28)15-2-1-3-16(10-15)39-24(36)29-11-17(38-23(35)14-5-7-19(31)21(33)9-14)12-37-22(34)13-4-6-18(30)20(32)8-13/h1-10,17,30-33H,11-12H2,(H,29,36). The molecular formula is C25H20F3NO10. The number of carbonyl (C=O) groups excluding carboxylic acids is 3. The first-order valence-electron chi connectivity index (χ1n) is 10.9. The molecule has 1 amide bonds. The SMILES string of the molecule is O=C(NCC(COC(=O)c1ccc(O)c(O)c1)OC(=O)c1ccc(O)c(O)c1)Oc1cccc(C(F)(F)F)c1. The topological polar surface area (TPSA) is 172 Å². The maximum absolute atomic E-state index is 12.9. The first-order valence-corrected chi connectivity index (χ1v) is 10.9. The Morgan fingerprint density at radius 1 is 0.795 bits per heavy atom. The molecule has 11 nitrogen and oxygen atoms in total. The van der Waals surface area contributed by atoms with Crippen LogP contribution in [-0.2, 0) is 15.7 Å². The molecule has 0 aliphatic heterocycles. The van der Waals surface area contributed by atoms with E-state index in [2.05, 4.69) is 5.32 Å². The van der Waals surface area contributed by atoms with Crippen LogP contribution in [0.4, 0.5) is 18.0 Å². The summed E-state index contributed by atoms with van der Waals surface area (Å²) in [5.74, 6) is -4.69. The molecule has 5 N–H and O–H groups in total. The van der Waals surface area contributed by atoms with E-state index in [9.17, 15) is 48.0 Å². The Morgan fingerprint density at radius 3 is 1.95 bits per heavy atom. The van der Waals surface area contributed by atoms with Crippen molar-refractivity contribution >= 4 is 18.0 Å². The third-order valence-electron chi connectivity index (χ3n) is 4.94. The van der Waals surface area contributed by atoms with Gasteiger partial charge in [-0.1, -0.05) is 6.07 Å². The van der Waals surface area contributed by atoms with Gasteiger partial charge in [0.2, 0.25) is 0 Å². The van der Waals surface area contributed by atoms with Gasteiger partial charge in [-0.25, -0.2) is 14.4 Å². The number of hydrogen-bond donors (Lipinski definition) is 5. The van der Waals surface area contributed by atoms with E-state index in [4.69, 9.17) is 14.2 Å². The zero-order valence-electron chi connectivity index (χ0n) is 19.6. The molecule has 0 aliphatic carbocycles. The van der Waals surface area contributed by atoms with Crippen molar-refractivity contribution in [2.45, 2.75) is 12.3 Å². The second-order valence-electron chi connectivity index (χ2n) is 7.83. The monoisotopic (exact) mass is 551 g/mol. The van der Waals surface area contributed by atoms with Crippen LogP contribution in [0.1, 0.15) is 26.3 Å². The number of halogens is 3. The van der Waals surface area contributed by atoms with Crippen LogP contribution in [0.2, 0.25) is 0 Å². The molecule has 0 saturated heterocycles. The summed E-state index contributed by atoms with van der Waals surface area (Å²) in [6.45, 7) is -1.19. The van der Waals surface area contributed by atoms with Gasteiger partial charge in [-0.2, -0.15) is 13.2 Å². The van der Waals surface area contributed by atoms with Crippen molar-refractivity contribution in [3.63, 3.8) is 0 Å². The Morgan fingerprint density at radius 2 is 1.38 bits per heavy atom. The minimum Gasteiger partial charge on any atom is -0.504 e. The highest BCUT2D eigenvalue weighted by molar-refractivity contribution is 5.91. The van der Waals surface area contributed by atoms with Crippen LogP contribution in [0.15, 0.2) is 60.7 Å². The molecule has 3 aromatic carbocycles. The first kappa shape index (κ1) is 28.4. The minimum absolute atomic E-state index is 0.171. The van der Waals surface area contributed by atoms with Crippen molar-refractivity contribution in [3.05, 3.63) is 77.4 Å². The number of alkyl halides is 3. The van der Waals surface area contributed by atoms with Gasteiger partial charge in [0.25, 0.3) is 0 Å². The lowest BCUT2D eigenvalue weighted by atomic mass is 10.2. The quantitative estimate of drug-likeness (QED) is 0.205. The Kier molecular flexibility index (Phi) is 8.70. The summed E-state index contributed by atoms with van der Waals surface area (Å²) in [6, 6.07) is 9.65. The summed E-state index contributed by atoms with van der Waals surface area (Å²) in [6.07, 6.45) is -7.26. The molecule has 3 rings (SSSR count). The highest BCUT2D eigenvalue weighted by Gasteiger charge is 2.31. The Hall–Kier alpha value is -5.14. The normalized spacial score (nSPS) is 11.8. The predicted octanol–water partition coefficient (Wildman–Crippen LogP) is 3.70. The van der Waals surface area contributed by atoms with Crippen LogP contribution in [-0.4, -0.2) is 57.7 Å². The average Bonchev–Trinajstić information content (AvgIpc) is 2.88. The summed E-state index contributed by atoms with van der Waals surface area (Å²) in [4.78, 5) is 37.0. The molecule has 0 radical (unpaired) electrons. The van der Waals surface area contributed by atoms with Crippen LogP contribution >= 0.6 is 0 Å². The van der Waals surface area contributed by atoms with Gasteiger partial charge in [0, 0.05) is 0 Å². The lowest BCUT2D eigenvalue weighted by Crippen LogP contribution is -2.39. The van der Waals surface area contributed by atoms with E-state index in [0.717, 1.165) is 54.6 Å². The third-order valence-corrected chi connectivity index (χ3v) is 4.94. The van der Waals surface area contributed by atoms with Gasteiger partial charge in [0.05, 0.1) is 23.2 Å². The van der Waals surface area contributed by atoms with E-state index in [0.29, 0.717) is 6.07 Å². The van der Waals surface area contributed by atoms with E-state index >= 15 is 0 Å². The molecule has 0 aliphatic rings. The third kappa shape index (κ3) is 7.92. The molecule has 0 spiro atoms. The van der Waals surface area contributed by atoms with Crippen molar-refractivity contribution in [3.8, 4) is 28.7 Å². The van der Waals surface area contributed by atoms with E-state index in [-0.39, 0.29) is 11.1 Å². The maximum Gasteiger partial charge on any atom is 0.416 e. The number of esters is 2. The summed E-state index contributed by atoms with van der Waals surface area (Å²) in [7, 11) is 0. The zero-order valence-corrected chi connectivity index (χ0v) is 19.6. The first-order chi connectivity index (χ1) is 18.3. The average molecular weight is 551 g/mol. The predicted molar refractivity (Wildman–Crippen MR) is 124 cm³/mol. The summed E-state index contributed by atoms with van der Waals surface area (Å²) < 4.78 is 53.7. The molecule has 0 heterocycles. The van der Waals surface area contributed by atoms with Crippen LogP contribution in [0.5, 0.6) is 28.7 Å². The summed E-state index contributed by atoms with van der Waals surface area (Å²) >= 11 is 0. The molecule has 0 fully saturated rings. The Bertz CT molecular complexity index is 1380. The largest absolute Gasteiger partial charge is 0.504 e. The molecule has 1 unspecified atom stereocenters. The fraction of sp³-hybridized carbons (Fsp3) is 0.160. The molecule has 0 saturated carbocycles. The van der Waals surface area contributed by atoms with E-state index in [1.165, 1.54) is 0 Å². The molecule has 0 bridgehead atoms. The van der Waals surface area contributed by atoms with Crippen LogP contribution in [0, 0.1) is 0 Å². The summed E-state index contributed by atoms with van der Waals surface area (Å²) in [5, 5.41) is 40.1. The number of hydrogen-bond acceptors (Lipinski definition) is 10. The molecule has 0 aromatic heterocycles. The van der Waals surface area contributed by atoms with Crippen LogP contribution in [0.3, 0.4) is 0 Å². The number of nitrogens with one attached hydrogen (secondary N) is 1. The molecule has 3 aromatic rings. The highest BCUT2D eigenvalue weighted by atomic mass is 19.4. The van der Waals surface area contributed by atoms with Crippen molar-refractivity contribution < 1.29 is 62.2 Å². The highest BCUT2D eigenvalue weighted by Crippen LogP contribution is 2.31. The van der Waals surface area contributed by atoms with Crippen molar-refractivity contribution in [2.24, 2.45) is 0 Å². The number of benzene rings is 3. The zero-order chi connectivity index (χ0) is 28.7. The van der Waals surface area contributed by atoms with Gasteiger partial charge in [-0.15, -0.1) is 0 Å². The Balaban J connectivity index is 1.68. The number of ether oxygens (including phenoxy) is 3. The smallest absolute Gasteiger partial charge is 0.416 e. The van der Waals surface area contributed by atoms with Crippen molar-refractivity contribution in [1.29, 1.82) is 0 Å². The van der Waals surface area contributed by atoms with Gasteiger partial charge >= 0.3 is 24.2 Å². The fourth-order valence-electron chi connectivity index (χ4n) is 2.98. The van der Waals surface area contributed by atoms with Gasteiger partial charge < -0.3 is 40.0 Å². The number of amides is 1. The molecule has 1 atom stereocenters. The van der Waals surface area contributed by atoms with Gasteiger partial charge in [-0.05, 0) is 54.6 Å². The minimum atomic E-state index is -4.67. The molecular weight excluding hydrogens is 531 g/mol. The second kappa shape index (κ2) is 11.9. The van der Waals surface area contributed by atoms with Gasteiger partial charge in [-0.3, -0.25) is 0 Å². The van der Waals surface area contributed by atoms with Gasteiger partial charge in [0.1, 0.15) is 12.4 Å². The van der Waals surface area contributed by atoms with Crippen LogP contribution < -0.4 is 10.1 Å². The molecule has 14 heteroatoms. The lowest BCUT2D eigenvalue weighted by Gasteiger charge is -2.19. The van der Waals surface area contributed by atoms with E-state index in [1.54, 1.807) is 0 Å². The fourth-order valence-corrected chi connectivity index (χ4v) is 2.98. The number of phenols is 4. The maximum atomic E-state index is 12.9. The number of phenolic OH excluding ortho intramolecular Hbond substituents is 4. The van der Waals surface area contributed by atoms with Gasteiger partial charge in [0.15, 0.2) is 29.1 Å². The number of aromatic hydroxyl groups is 4. The second-order valence-corrected chi connectivity index (χ2v) is 7.83. The number of rotatable bonds is 8. The summed E-state index contributed by atoms with van der Waals surface area (Å²) in [5.41, 5.74) is -1.43. The molecule has 206 valence electrons. The van der Waals surface area contributed by atoms with Crippen LogP contribution in [0.25, 0.3) is 0 Å². The van der Waals surface area contributed by atoms with E-state index < -0.39 is 77.8 Å². The van der Waals surface area contributed by atoms with E-state index in [1.807, 2.05) is 0 Å². The van der Waals surface area contributed by atoms with Crippen molar-refractivity contribution in [2.75, 3.05) is 13.2 Å².